The summed E-state index contributed by atoms with van der Waals surface area (Å²) in [5.74, 6) is 0.211. The molecule has 0 spiro atoms. The van der Waals surface area contributed by atoms with Gasteiger partial charge in [0.1, 0.15) is 0 Å². The highest BCUT2D eigenvalue weighted by molar-refractivity contribution is 5.74. The molecule has 158 valence electrons. The third kappa shape index (κ3) is 5.18. The van der Waals surface area contributed by atoms with Crippen LogP contribution < -0.4 is 16.3 Å². The zero-order chi connectivity index (χ0) is 21.4. The fourth-order valence-electron chi connectivity index (χ4n) is 2.92. The summed E-state index contributed by atoms with van der Waals surface area (Å²) in [6.45, 7) is 5.80. The third-order valence-electron chi connectivity index (χ3n) is 4.33. The van der Waals surface area contributed by atoms with Crippen molar-refractivity contribution in [3.63, 3.8) is 0 Å². The minimum atomic E-state index is -4.48. The lowest BCUT2D eigenvalue weighted by molar-refractivity contribution is -0.137. The first kappa shape index (κ1) is 20.9. The maximum atomic E-state index is 13.1. The van der Waals surface area contributed by atoms with Crippen LogP contribution in [0.15, 0.2) is 29.1 Å². The van der Waals surface area contributed by atoms with Gasteiger partial charge in [-0.25, -0.2) is 14.3 Å². The van der Waals surface area contributed by atoms with Crippen LogP contribution in [0.2, 0.25) is 0 Å². The number of benzene rings is 1. The predicted molar refractivity (Wildman–Crippen MR) is 101 cm³/mol. The van der Waals surface area contributed by atoms with E-state index >= 15 is 0 Å². The Morgan fingerprint density at radius 1 is 1.24 bits per heavy atom. The average molecular weight is 411 g/mol. The third-order valence-corrected chi connectivity index (χ3v) is 4.33. The van der Waals surface area contributed by atoms with E-state index in [1.165, 1.54) is 21.4 Å². The van der Waals surface area contributed by atoms with Gasteiger partial charge in [-0.1, -0.05) is 12.1 Å². The summed E-state index contributed by atoms with van der Waals surface area (Å²) in [5, 5.41) is 9.65. The number of aromatic nitrogens is 3. The molecule has 0 radical (unpaired) electrons. The molecule has 0 bridgehead atoms. The first-order valence-electron chi connectivity index (χ1n) is 9.39. The van der Waals surface area contributed by atoms with E-state index in [0.717, 1.165) is 25.0 Å². The van der Waals surface area contributed by atoms with E-state index in [2.05, 4.69) is 15.7 Å². The van der Waals surface area contributed by atoms with Gasteiger partial charge in [0.2, 0.25) is 0 Å². The molecule has 0 saturated heterocycles. The van der Waals surface area contributed by atoms with Crippen LogP contribution in [0.25, 0.3) is 11.4 Å². The number of carbonyl (C=O) groups excluding carboxylic acids is 1. The van der Waals surface area contributed by atoms with Gasteiger partial charge in [0.25, 0.3) is 0 Å². The van der Waals surface area contributed by atoms with Crippen LogP contribution in [0, 0.1) is 0 Å². The van der Waals surface area contributed by atoms with Crippen molar-refractivity contribution >= 4 is 6.03 Å². The quantitative estimate of drug-likeness (QED) is 0.793. The highest BCUT2D eigenvalue weighted by atomic mass is 19.4. The number of nitrogens with zero attached hydrogens (tertiary/aromatic N) is 3. The Balaban J connectivity index is 1.82. The fourth-order valence-corrected chi connectivity index (χ4v) is 2.92. The van der Waals surface area contributed by atoms with Crippen molar-refractivity contribution in [1.82, 2.24) is 25.0 Å². The number of urea groups is 1. The SMILES string of the molecule is CC(C)(C)NC(=O)NCCn1nc(-c2cccc(C(F)(F)F)c2)n(C2CC2)c1=O. The standard InChI is InChI=1S/C19H24F3N5O2/c1-18(2,3)24-16(28)23-9-10-26-17(29)27(14-7-8-14)15(25-26)12-5-4-6-13(11-12)19(20,21)22/h4-6,11,14H,7-10H2,1-3H3,(H2,23,24,28). The Kier molecular flexibility index (Phi) is 5.46. The van der Waals surface area contributed by atoms with E-state index in [4.69, 9.17) is 0 Å². The first-order valence-corrected chi connectivity index (χ1v) is 9.39. The number of halogens is 3. The summed E-state index contributed by atoms with van der Waals surface area (Å²) in [7, 11) is 0. The van der Waals surface area contributed by atoms with Crippen LogP contribution in [0.5, 0.6) is 0 Å². The lowest BCUT2D eigenvalue weighted by Crippen LogP contribution is -2.47. The van der Waals surface area contributed by atoms with E-state index in [1.807, 2.05) is 20.8 Å². The number of amides is 2. The molecular formula is C19H24F3N5O2. The zero-order valence-corrected chi connectivity index (χ0v) is 16.5. The number of nitrogens with one attached hydrogen (secondary N) is 2. The number of hydrogen-bond acceptors (Lipinski definition) is 3. The number of carbonyl (C=O) groups is 1. The lowest BCUT2D eigenvalue weighted by atomic mass is 10.1. The molecule has 2 amide bonds. The van der Waals surface area contributed by atoms with Crippen LogP contribution in [0.4, 0.5) is 18.0 Å². The van der Waals surface area contributed by atoms with Gasteiger partial charge in [0.15, 0.2) is 5.82 Å². The van der Waals surface area contributed by atoms with Gasteiger partial charge in [-0.15, -0.1) is 5.10 Å². The van der Waals surface area contributed by atoms with E-state index in [1.54, 1.807) is 0 Å². The van der Waals surface area contributed by atoms with Crippen molar-refractivity contribution < 1.29 is 18.0 Å². The molecule has 2 N–H and O–H groups in total. The number of rotatable bonds is 5. The highest BCUT2D eigenvalue weighted by Crippen LogP contribution is 2.37. The predicted octanol–water partition coefficient (Wildman–Crippen LogP) is 3.16. The Labute approximate surface area is 165 Å². The van der Waals surface area contributed by atoms with Crippen LogP contribution in [-0.4, -0.2) is 32.5 Å². The second kappa shape index (κ2) is 7.57. The van der Waals surface area contributed by atoms with Crippen molar-refractivity contribution in [2.75, 3.05) is 6.54 Å². The second-order valence-electron chi connectivity index (χ2n) is 8.14. The Hall–Kier alpha value is -2.78. The number of alkyl halides is 3. The molecule has 0 unspecified atom stereocenters. The van der Waals surface area contributed by atoms with Crippen molar-refractivity contribution in [2.24, 2.45) is 0 Å². The summed E-state index contributed by atoms with van der Waals surface area (Å²) in [5.41, 5.74) is -1.34. The molecule has 1 heterocycles. The molecule has 1 fully saturated rings. The molecule has 1 aliphatic rings. The summed E-state index contributed by atoms with van der Waals surface area (Å²) in [6, 6.07) is 4.37. The molecule has 1 aromatic carbocycles. The minimum Gasteiger partial charge on any atom is -0.336 e. The van der Waals surface area contributed by atoms with Gasteiger partial charge in [-0.2, -0.15) is 13.2 Å². The molecule has 1 saturated carbocycles. The summed E-state index contributed by atoms with van der Waals surface area (Å²) < 4.78 is 41.8. The molecule has 3 rings (SSSR count). The monoisotopic (exact) mass is 411 g/mol. The van der Waals surface area contributed by atoms with Crippen molar-refractivity contribution in [2.45, 2.75) is 57.9 Å². The van der Waals surface area contributed by atoms with Crippen molar-refractivity contribution in [1.29, 1.82) is 0 Å². The van der Waals surface area contributed by atoms with E-state index in [9.17, 15) is 22.8 Å². The van der Waals surface area contributed by atoms with E-state index in [0.29, 0.717) is 0 Å². The summed E-state index contributed by atoms with van der Waals surface area (Å²) >= 11 is 0. The zero-order valence-electron chi connectivity index (χ0n) is 16.5. The van der Waals surface area contributed by atoms with Gasteiger partial charge in [-0.05, 0) is 45.7 Å². The topological polar surface area (TPSA) is 81.0 Å². The lowest BCUT2D eigenvalue weighted by Gasteiger charge is -2.20. The molecule has 7 nitrogen and oxygen atoms in total. The summed E-state index contributed by atoms with van der Waals surface area (Å²) in [6.07, 6.45) is -2.92. The first-order chi connectivity index (χ1) is 13.5. The molecule has 1 aromatic heterocycles. The van der Waals surface area contributed by atoms with Crippen LogP contribution in [0.1, 0.15) is 45.2 Å². The van der Waals surface area contributed by atoms with Gasteiger partial charge in [0, 0.05) is 23.7 Å². The maximum absolute atomic E-state index is 13.1. The van der Waals surface area contributed by atoms with Crippen LogP contribution >= 0.6 is 0 Å². The minimum absolute atomic E-state index is 0.0575. The Morgan fingerprint density at radius 2 is 1.93 bits per heavy atom. The molecule has 29 heavy (non-hydrogen) atoms. The largest absolute Gasteiger partial charge is 0.416 e. The highest BCUT2D eigenvalue weighted by Gasteiger charge is 2.33. The van der Waals surface area contributed by atoms with Gasteiger partial charge in [-0.3, -0.25) is 4.57 Å². The van der Waals surface area contributed by atoms with Crippen molar-refractivity contribution in [3.05, 3.63) is 40.3 Å². The molecule has 0 atom stereocenters. The molecule has 0 aliphatic heterocycles. The molecule has 2 aromatic rings. The Bertz CT molecular complexity index is 952. The normalized spacial score (nSPS) is 14.7. The fraction of sp³-hybridized carbons (Fsp3) is 0.526. The average Bonchev–Trinajstić information content (AvgIpc) is 3.37. The van der Waals surface area contributed by atoms with Gasteiger partial charge >= 0.3 is 17.9 Å². The Morgan fingerprint density at radius 3 is 2.52 bits per heavy atom. The van der Waals surface area contributed by atoms with E-state index < -0.39 is 23.0 Å². The van der Waals surface area contributed by atoms with Crippen LogP contribution in [-0.2, 0) is 12.7 Å². The second-order valence-corrected chi connectivity index (χ2v) is 8.14. The maximum Gasteiger partial charge on any atom is 0.416 e. The van der Waals surface area contributed by atoms with Crippen molar-refractivity contribution in [3.8, 4) is 11.4 Å². The molecule has 1 aliphatic carbocycles. The molecule has 10 heteroatoms. The molecular weight excluding hydrogens is 387 g/mol. The van der Waals surface area contributed by atoms with Crippen LogP contribution in [0.3, 0.4) is 0 Å². The summed E-state index contributed by atoms with van der Waals surface area (Å²) in [4.78, 5) is 24.6. The van der Waals surface area contributed by atoms with Gasteiger partial charge in [0.05, 0.1) is 12.1 Å². The van der Waals surface area contributed by atoms with E-state index in [-0.39, 0.29) is 36.6 Å². The smallest absolute Gasteiger partial charge is 0.336 e. The van der Waals surface area contributed by atoms with Gasteiger partial charge < -0.3 is 10.6 Å². The number of hydrogen-bond donors (Lipinski definition) is 2.